The number of ether oxygens (including phenoxy) is 4. The third kappa shape index (κ3) is 6.74. The second kappa shape index (κ2) is 12.4. The van der Waals surface area contributed by atoms with Crippen LogP contribution in [0, 0.1) is 5.82 Å². The van der Waals surface area contributed by atoms with E-state index in [1.165, 1.54) is 26.5 Å². The van der Waals surface area contributed by atoms with Gasteiger partial charge in [0.1, 0.15) is 19.0 Å². The van der Waals surface area contributed by atoms with Crippen LogP contribution in [0.2, 0.25) is 5.02 Å². The fourth-order valence-corrected chi connectivity index (χ4v) is 3.30. The second-order valence-corrected chi connectivity index (χ2v) is 7.49. The standard InChI is InChI=1S/C26H24ClFN2O5/c1-4-11-34-22-10-9-18(14-23(22)32-2)26(31)30-29-15-17-12-20(27)25(24(13-17)33-3)35-16-19-7-5-6-8-21(19)28/h4-10,12-15H,1,11,16H2,2-3H3,(H,30,31)/b29-15+. The number of methoxy groups -OCH3 is 2. The molecule has 0 atom stereocenters. The van der Waals surface area contributed by atoms with Gasteiger partial charge in [-0.15, -0.1) is 0 Å². The van der Waals surface area contributed by atoms with Gasteiger partial charge in [-0.05, 0) is 42.0 Å². The summed E-state index contributed by atoms with van der Waals surface area (Å²) in [5.41, 5.74) is 3.72. The fraction of sp³-hybridized carbons (Fsp3) is 0.154. The molecule has 0 aliphatic carbocycles. The van der Waals surface area contributed by atoms with Crippen molar-refractivity contribution in [1.29, 1.82) is 0 Å². The minimum absolute atomic E-state index is 0.0207. The number of amides is 1. The summed E-state index contributed by atoms with van der Waals surface area (Å²) in [6.45, 7) is 3.89. The number of rotatable bonds is 11. The molecule has 3 aromatic carbocycles. The van der Waals surface area contributed by atoms with Crippen molar-refractivity contribution < 1.29 is 28.1 Å². The van der Waals surface area contributed by atoms with Gasteiger partial charge in [0.15, 0.2) is 23.0 Å². The molecule has 0 saturated carbocycles. The Kier molecular flexibility index (Phi) is 9.09. The molecule has 0 aliphatic heterocycles. The van der Waals surface area contributed by atoms with Crippen molar-refractivity contribution in [3.63, 3.8) is 0 Å². The summed E-state index contributed by atoms with van der Waals surface area (Å²) < 4.78 is 35.7. The number of nitrogens with zero attached hydrogens (tertiary/aromatic N) is 1. The zero-order chi connectivity index (χ0) is 25.2. The number of hydrogen-bond donors (Lipinski definition) is 1. The van der Waals surface area contributed by atoms with Gasteiger partial charge < -0.3 is 18.9 Å². The summed E-state index contributed by atoms with van der Waals surface area (Å²) in [6, 6.07) is 14.3. The van der Waals surface area contributed by atoms with Crippen LogP contribution in [0.5, 0.6) is 23.0 Å². The van der Waals surface area contributed by atoms with Gasteiger partial charge in [-0.1, -0.05) is 42.5 Å². The van der Waals surface area contributed by atoms with E-state index < -0.39 is 5.91 Å². The first-order valence-corrected chi connectivity index (χ1v) is 10.8. The predicted octanol–water partition coefficient (Wildman–Crippen LogP) is 5.40. The molecular weight excluding hydrogens is 475 g/mol. The number of nitrogens with one attached hydrogen (secondary N) is 1. The van der Waals surface area contributed by atoms with Crippen molar-refractivity contribution >= 4 is 23.7 Å². The summed E-state index contributed by atoms with van der Waals surface area (Å²) in [4.78, 5) is 12.5. The average Bonchev–Trinajstić information content (AvgIpc) is 2.87. The molecule has 0 aliphatic rings. The smallest absolute Gasteiger partial charge is 0.271 e. The number of carbonyl (C=O) groups excluding carboxylic acids is 1. The van der Waals surface area contributed by atoms with E-state index in [9.17, 15) is 9.18 Å². The molecule has 1 amide bonds. The lowest BCUT2D eigenvalue weighted by Crippen LogP contribution is -2.17. The fourth-order valence-electron chi connectivity index (χ4n) is 3.03. The molecule has 0 bridgehead atoms. The quantitative estimate of drug-likeness (QED) is 0.217. The van der Waals surface area contributed by atoms with Gasteiger partial charge in [0, 0.05) is 11.1 Å². The Labute approximate surface area is 207 Å². The van der Waals surface area contributed by atoms with E-state index >= 15 is 0 Å². The maximum atomic E-state index is 13.9. The molecule has 0 heterocycles. The third-order valence-electron chi connectivity index (χ3n) is 4.74. The zero-order valence-electron chi connectivity index (χ0n) is 19.2. The maximum absolute atomic E-state index is 13.9. The number of hydrogen-bond acceptors (Lipinski definition) is 6. The van der Waals surface area contributed by atoms with Crippen LogP contribution >= 0.6 is 11.6 Å². The van der Waals surface area contributed by atoms with Gasteiger partial charge in [-0.3, -0.25) is 4.79 Å². The van der Waals surface area contributed by atoms with E-state index in [4.69, 9.17) is 30.5 Å². The average molecular weight is 499 g/mol. The lowest BCUT2D eigenvalue weighted by Gasteiger charge is -2.13. The molecule has 1 N–H and O–H groups in total. The van der Waals surface area contributed by atoms with Gasteiger partial charge in [-0.25, -0.2) is 9.82 Å². The normalized spacial score (nSPS) is 10.6. The Morgan fingerprint density at radius 2 is 1.83 bits per heavy atom. The molecule has 3 aromatic rings. The highest BCUT2D eigenvalue weighted by molar-refractivity contribution is 6.32. The number of carbonyl (C=O) groups is 1. The van der Waals surface area contributed by atoms with Crippen LogP contribution in [0.15, 0.2) is 72.4 Å². The number of hydrazone groups is 1. The summed E-state index contributed by atoms with van der Waals surface area (Å²) in [5, 5.41) is 4.23. The van der Waals surface area contributed by atoms with Crippen LogP contribution in [0.3, 0.4) is 0 Å². The van der Waals surface area contributed by atoms with E-state index in [2.05, 4.69) is 17.1 Å². The number of halogens is 2. The SMILES string of the molecule is C=CCOc1ccc(C(=O)N/N=C/c2cc(Cl)c(OCc3ccccc3F)c(OC)c2)cc1OC. The van der Waals surface area contributed by atoms with Gasteiger partial charge >= 0.3 is 0 Å². The monoisotopic (exact) mass is 498 g/mol. The van der Waals surface area contributed by atoms with E-state index in [-0.39, 0.29) is 23.2 Å². The van der Waals surface area contributed by atoms with E-state index in [0.717, 1.165) is 0 Å². The van der Waals surface area contributed by atoms with Gasteiger partial charge in [0.25, 0.3) is 5.91 Å². The first-order valence-electron chi connectivity index (χ1n) is 10.5. The summed E-state index contributed by atoms with van der Waals surface area (Å²) in [6.07, 6.45) is 3.02. The molecule has 0 spiro atoms. The highest BCUT2D eigenvalue weighted by atomic mass is 35.5. The topological polar surface area (TPSA) is 78.4 Å². The summed E-state index contributed by atoms with van der Waals surface area (Å²) in [7, 11) is 2.94. The molecule has 182 valence electrons. The minimum atomic E-state index is -0.447. The molecule has 0 unspecified atom stereocenters. The van der Waals surface area contributed by atoms with Crippen LogP contribution in [0.25, 0.3) is 0 Å². The molecule has 3 rings (SSSR count). The Balaban J connectivity index is 1.68. The second-order valence-electron chi connectivity index (χ2n) is 7.08. The van der Waals surface area contributed by atoms with Crippen molar-refractivity contribution in [1.82, 2.24) is 5.43 Å². The minimum Gasteiger partial charge on any atom is -0.493 e. The summed E-state index contributed by atoms with van der Waals surface area (Å²) >= 11 is 6.36. The van der Waals surface area contributed by atoms with Gasteiger partial charge in [-0.2, -0.15) is 5.10 Å². The molecule has 0 aromatic heterocycles. The molecule has 0 radical (unpaired) electrons. The predicted molar refractivity (Wildman–Crippen MR) is 132 cm³/mol. The zero-order valence-corrected chi connectivity index (χ0v) is 20.0. The van der Waals surface area contributed by atoms with Crippen LogP contribution in [-0.2, 0) is 6.61 Å². The lowest BCUT2D eigenvalue weighted by atomic mass is 10.2. The van der Waals surface area contributed by atoms with Gasteiger partial charge in [0.05, 0.1) is 25.5 Å². The van der Waals surface area contributed by atoms with E-state index in [1.807, 2.05) is 0 Å². The van der Waals surface area contributed by atoms with Crippen LogP contribution in [0.4, 0.5) is 4.39 Å². The third-order valence-corrected chi connectivity index (χ3v) is 5.02. The Hall–Kier alpha value is -4.04. The number of benzene rings is 3. The molecule has 35 heavy (non-hydrogen) atoms. The Morgan fingerprint density at radius 3 is 2.54 bits per heavy atom. The maximum Gasteiger partial charge on any atom is 0.271 e. The largest absolute Gasteiger partial charge is 0.493 e. The molecule has 0 saturated heterocycles. The molecular formula is C26H24ClFN2O5. The van der Waals surface area contributed by atoms with Crippen LogP contribution in [-0.4, -0.2) is 32.9 Å². The first-order chi connectivity index (χ1) is 17.0. The molecule has 7 nitrogen and oxygen atoms in total. The molecule has 9 heteroatoms. The van der Waals surface area contributed by atoms with Gasteiger partial charge in [0.2, 0.25) is 0 Å². The molecule has 0 fully saturated rings. The van der Waals surface area contributed by atoms with Crippen molar-refractivity contribution in [2.45, 2.75) is 6.61 Å². The first kappa shape index (κ1) is 25.6. The van der Waals surface area contributed by atoms with Crippen molar-refractivity contribution in [3.05, 3.63) is 94.8 Å². The Bertz CT molecular complexity index is 1230. The van der Waals surface area contributed by atoms with Crippen molar-refractivity contribution in [3.8, 4) is 23.0 Å². The van der Waals surface area contributed by atoms with E-state index in [0.29, 0.717) is 40.5 Å². The Morgan fingerprint density at radius 1 is 1.06 bits per heavy atom. The van der Waals surface area contributed by atoms with Crippen molar-refractivity contribution in [2.24, 2.45) is 5.10 Å². The van der Waals surface area contributed by atoms with Crippen LogP contribution < -0.4 is 24.4 Å². The lowest BCUT2D eigenvalue weighted by molar-refractivity contribution is 0.0954. The van der Waals surface area contributed by atoms with Crippen molar-refractivity contribution in [2.75, 3.05) is 20.8 Å². The summed E-state index contributed by atoms with van der Waals surface area (Å²) in [5.74, 6) is 0.680. The van der Waals surface area contributed by atoms with E-state index in [1.54, 1.807) is 54.6 Å². The highest BCUT2D eigenvalue weighted by Gasteiger charge is 2.14. The van der Waals surface area contributed by atoms with Crippen LogP contribution in [0.1, 0.15) is 21.5 Å². The highest BCUT2D eigenvalue weighted by Crippen LogP contribution is 2.36.